The van der Waals surface area contributed by atoms with Gasteiger partial charge in [0, 0.05) is 17.7 Å². The normalized spacial score (nSPS) is 11.4. The minimum atomic E-state index is -4.40. The minimum absolute atomic E-state index is 0.0351. The molecule has 0 saturated heterocycles. The topological polar surface area (TPSA) is 116 Å². The van der Waals surface area contributed by atoms with Gasteiger partial charge in [0.2, 0.25) is 0 Å². The lowest BCUT2D eigenvalue weighted by molar-refractivity contribution is 0.392. The third-order valence-corrected chi connectivity index (χ3v) is 6.32. The number of rotatable bonds is 6. The van der Waals surface area contributed by atoms with E-state index in [1.54, 1.807) is 19.9 Å². The van der Waals surface area contributed by atoms with Crippen LogP contribution in [0.15, 0.2) is 62.7 Å². The first-order valence-corrected chi connectivity index (χ1v) is 11.3. The van der Waals surface area contributed by atoms with Crippen LogP contribution < -0.4 is 15.0 Å². The number of aromatic nitrogens is 3. The van der Waals surface area contributed by atoms with Crippen LogP contribution >= 0.6 is 0 Å². The molecule has 0 atom stereocenters. The van der Waals surface area contributed by atoms with E-state index < -0.39 is 32.9 Å². The molecule has 0 amide bonds. The first-order valence-electron chi connectivity index (χ1n) is 9.80. The minimum Gasteiger partial charge on any atom is -0.495 e. The van der Waals surface area contributed by atoms with Crippen LogP contribution in [0.25, 0.3) is 16.9 Å². The van der Waals surface area contributed by atoms with E-state index in [-0.39, 0.29) is 16.3 Å². The van der Waals surface area contributed by atoms with Crippen LogP contribution in [0.4, 0.5) is 14.5 Å². The van der Waals surface area contributed by atoms with Crippen molar-refractivity contribution in [3.63, 3.8) is 0 Å². The van der Waals surface area contributed by atoms with Gasteiger partial charge < -0.3 is 9.26 Å². The van der Waals surface area contributed by atoms with Gasteiger partial charge in [-0.2, -0.15) is 9.78 Å². The lowest BCUT2D eigenvalue weighted by Crippen LogP contribution is -2.21. The molecule has 176 valence electrons. The van der Waals surface area contributed by atoms with Crippen LogP contribution in [0.2, 0.25) is 0 Å². The van der Waals surface area contributed by atoms with E-state index in [0.717, 1.165) is 22.9 Å². The average molecular weight is 488 g/mol. The summed E-state index contributed by atoms with van der Waals surface area (Å²) in [6.45, 7) is 3.29. The summed E-state index contributed by atoms with van der Waals surface area (Å²) in [4.78, 5) is 12.1. The fourth-order valence-electron chi connectivity index (χ4n) is 3.33. The maximum atomic E-state index is 14.0. The monoisotopic (exact) mass is 488 g/mol. The van der Waals surface area contributed by atoms with Crippen LogP contribution in [0.5, 0.6) is 5.75 Å². The van der Waals surface area contributed by atoms with Gasteiger partial charge in [0.05, 0.1) is 18.5 Å². The highest BCUT2D eigenvalue weighted by molar-refractivity contribution is 7.92. The second-order valence-electron chi connectivity index (χ2n) is 7.24. The Labute approximate surface area is 192 Å². The van der Waals surface area contributed by atoms with E-state index in [1.807, 2.05) is 4.72 Å². The van der Waals surface area contributed by atoms with Crippen molar-refractivity contribution in [3.05, 3.63) is 82.0 Å². The van der Waals surface area contributed by atoms with Crippen LogP contribution in [0, 0.1) is 25.5 Å². The van der Waals surface area contributed by atoms with Gasteiger partial charge in [0.25, 0.3) is 15.6 Å². The fourth-order valence-corrected chi connectivity index (χ4v) is 4.58. The van der Waals surface area contributed by atoms with Gasteiger partial charge in [0.15, 0.2) is 5.76 Å². The predicted octanol–water partition coefficient (Wildman–Crippen LogP) is 3.59. The molecule has 1 N–H and O–H groups in total. The highest BCUT2D eigenvalue weighted by atomic mass is 32.2. The zero-order valence-electron chi connectivity index (χ0n) is 18.2. The predicted molar refractivity (Wildman–Crippen MR) is 119 cm³/mol. The molecule has 0 saturated carbocycles. The molecule has 34 heavy (non-hydrogen) atoms. The van der Waals surface area contributed by atoms with E-state index in [4.69, 9.17) is 9.26 Å². The number of hydrogen-bond donors (Lipinski definition) is 1. The molecule has 0 fully saturated rings. The van der Waals surface area contributed by atoms with Gasteiger partial charge in [-0.1, -0.05) is 5.16 Å². The highest BCUT2D eigenvalue weighted by Gasteiger charge is 2.23. The molecule has 0 bridgehead atoms. The molecule has 12 heteroatoms. The summed E-state index contributed by atoms with van der Waals surface area (Å²) in [6, 6.07) is 9.29. The molecule has 0 aliphatic rings. The number of ether oxygens (including phenoxy) is 1. The number of methoxy groups -OCH3 is 1. The van der Waals surface area contributed by atoms with Gasteiger partial charge >= 0.3 is 0 Å². The van der Waals surface area contributed by atoms with Crippen LogP contribution in [-0.2, 0) is 10.0 Å². The lowest BCUT2D eigenvalue weighted by atomic mass is 10.1. The van der Waals surface area contributed by atoms with Gasteiger partial charge in [-0.3, -0.25) is 9.52 Å². The molecule has 0 unspecified atom stereocenters. The molecule has 0 aliphatic heterocycles. The van der Waals surface area contributed by atoms with Crippen molar-refractivity contribution in [1.82, 2.24) is 14.9 Å². The Morgan fingerprint density at radius 2 is 1.82 bits per heavy atom. The number of anilines is 1. The fraction of sp³-hybridized carbons (Fsp3) is 0.136. The molecule has 0 spiro atoms. The summed E-state index contributed by atoms with van der Waals surface area (Å²) in [5, 5.41) is 8.16. The van der Waals surface area contributed by atoms with Crippen LogP contribution in [0.3, 0.4) is 0 Å². The number of hydrogen-bond acceptors (Lipinski definition) is 7. The number of nitrogens with zero attached hydrogens (tertiary/aromatic N) is 3. The van der Waals surface area contributed by atoms with Gasteiger partial charge in [-0.25, -0.2) is 17.2 Å². The molecule has 0 radical (unpaired) electrons. The molecule has 0 aliphatic carbocycles. The van der Waals surface area contributed by atoms with E-state index in [2.05, 4.69) is 10.3 Å². The number of halogens is 2. The van der Waals surface area contributed by atoms with E-state index in [9.17, 15) is 22.0 Å². The summed E-state index contributed by atoms with van der Waals surface area (Å²) in [5.41, 5.74) is 0.400. The maximum Gasteiger partial charge on any atom is 0.271 e. The number of benzene rings is 2. The Morgan fingerprint density at radius 3 is 2.50 bits per heavy atom. The summed E-state index contributed by atoms with van der Waals surface area (Å²) in [6.07, 6.45) is 0. The van der Waals surface area contributed by atoms with Crippen molar-refractivity contribution in [2.45, 2.75) is 18.7 Å². The largest absolute Gasteiger partial charge is 0.495 e. The number of aryl methyl sites for hydroxylation is 2. The molecule has 2 heterocycles. The van der Waals surface area contributed by atoms with Crippen molar-refractivity contribution in [1.29, 1.82) is 0 Å². The Bertz CT molecular complexity index is 1540. The SMILES string of the molecule is COc1ccc(-c2ccc(=O)n(-c3c(C)noc3C)n2)cc1S(=O)(=O)Nc1cc(F)ccc1F. The summed E-state index contributed by atoms with van der Waals surface area (Å²) >= 11 is 0. The Balaban J connectivity index is 1.82. The maximum absolute atomic E-state index is 14.0. The third kappa shape index (κ3) is 4.27. The van der Waals surface area contributed by atoms with Gasteiger partial charge in [-0.05, 0) is 50.2 Å². The van der Waals surface area contributed by atoms with Crippen LogP contribution in [0.1, 0.15) is 11.5 Å². The zero-order chi connectivity index (χ0) is 24.6. The molecule has 2 aromatic heterocycles. The summed E-state index contributed by atoms with van der Waals surface area (Å²) < 4.78 is 67.1. The molecule has 4 aromatic rings. The highest BCUT2D eigenvalue weighted by Crippen LogP contribution is 2.31. The smallest absolute Gasteiger partial charge is 0.271 e. The Hall–Kier alpha value is -4.06. The number of nitrogens with one attached hydrogen (secondary N) is 1. The van der Waals surface area contributed by atoms with Crippen molar-refractivity contribution in [3.8, 4) is 22.7 Å². The standard InChI is InChI=1S/C22H18F2N4O5S/c1-12-22(13(2)33-26-12)28-21(29)9-7-17(25-28)14-4-8-19(32-3)20(10-14)34(30,31)27-18-11-15(23)5-6-16(18)24/h4-11,27H,1-3H3. The van der Waals surface area contributed by atoms with Crippen molar-refractivity contribution in [2.24, 2.45) is 0 Å². The van der Waals surface area contributed by atoms with E-state index >= 15 is 0 Å². The summed E-state index contributed by atoms with van der Waals surface area (Å²) in [7, 11) is -3.13. The van der Waals surface area contributed by atoms with Crippen molar-refractivity contribution >= 4 is 15.7 Å². The summed E-state index contributed by atoms with van der Waals surface area (Å²) in [5.74, 6) is -1.42. The zero-order valence-corrected chi connectivity index (χ0v) is 19.0. The van der Waals surface area contributed by atoms with E-state index in [1.165, 1.54) is 31.4 Å². The number of sulfonamides is 1. The van der Waals surface area contributed by atoms with E-state index in [0.29, 0.717) is 22.7 Å². The van der Waals surface area contributed by atoms with Gasteiger partial charge in [0.1, 0.15) is 33.7 Å². The molecular formula is C22H18F2N4O5S. The first kappa shape index (κ1) is 23.1. The molecular weight excluding hydrogens is 470 g/mol. The lowest BCUT2D eigenvalue weighted by Gasteiger charge is -2.14. The molecule has 9 nitrogen and oxygen atoms in total. The average Bonchev–Trinajstić information content (AvgIpc) is 3.14. The van der Waals surface area contributed by atoms with Crippen molar-refractivity contribution < 1.29 is 26.5 Å². The Kier molecular flexibility index (Phi) is 5.92. The third-order valence-electron chi connectivity index (χ3n) is 4.93. The second-order valence-corrected chi connectivity index (χ2v) is 8.89. The van der Waals surface area contributed by atoms with Gasteiger partial charge in [-0.15, -0.1) is 0 Å². The van der Waals surface area contributed by atoms with Crippen LogP contribution in [-0.4, -0.2) is 30.5 Å². The molecule has 4 rings (SSSR count). The first-order chi connectivity index (χ1) is 16.1. The Morgan fingerprint density at radius 1 is 1.06 bits per heavy atom. The van der Waals surface area contributed by atoms with Crippen molar-refractivity contribution in [2.75, 3.05) is 11.8 Å². The second kappa shape index (κ2) is 8.71. The molecule has 2 aromatic carbocycles. The quantitative estimate of drug-likeness (QED) is 0.441.